The first-order chi connectivity index (χ1) is 11.5. The Hall–Kier alpha value is -1.28. The molecule has 12 heteroatoms. The van der Waals surface area contributed by atoms with E-state index in [2.05, 4.69) is 15.0 Å². The number of nitrogens with one attached hydrogen (secondary N) is 1. The number of hydrogen-bond acceptors (Lipinski definition) is 4. The summed E-state index contributed by atoms with van der Waals surface area (Å²) >= 11 is 0. The molecule has 1 fully saturated rings. The Kier molecular flexibility index (Phi) is 7.95. The number of anilines is 1. The van der Waals surface area contributed by atoms with Crippen LogP contribution in [-0.4, -0.2) is 50.4 Å². The summed E-state index contributed by atoms with van der Waals surface area (Å²) in [7, 11) is -3.30. The van der Waals surface area contributed by atoms with Crippen LogP contribution in [0.15, 0.2) is 29.3 Å². The highest BCUT2D eigenvalue weighted by molar-refractivity contribution is 14.0. The van der Waals surface area contributed by atoms with Gasteiger partial charge in [-0.3, -0.25) is 4.99 Å². The molecule has 1 aromatic rings. The Bertz CT molecular complexity index is 743. The van der Waals surface area contributed by atoms with Gasteiger partial charge in [0.2, 0.25) is 10.0 Å². The molecule has 1 aliphatic rings. The van der Waals surface area contributed by atoms with Crippen molar-refractivity contribution in [3.05, 3.63) is 24.3 Å². The molecule has 1 heterocycles. The number of hydrogen-bond donors (Lipinski definition) is 2. The molecule has 0 aliphatic carbocycles. The van der Waals surface area contributed by atoms with Gasteiger partial charge in [-0.05, 0) is 25.0 Å². The molecule has 0 amide bonds. The molecule has 1 atom stereocenters. The lowest BCUT2D eigenvalue weighted by Gasteiger charge is -2.20. The van der Waals surface area contributed by atoms with Gasteiger partial charge in [-0.15, -0.1) is 37.1 Å². The molecule has 1 aromatic carbocycles. The third-order valence-electron chi connectivity index (χ3n) is 3.56. The van der Waals surface area contributed by atoms with Gasteiger partial charge in [0, 0.05) is 24.3 Å². The number of guanidine groups is 1. The van der Waals surface area contributed by atoms with Gasteiger partial charge in [0.25, 0.3) is 0 Å². The summed E-state index contributed by atoms with van der Waals surface area (Å²) in [6, 6.07) is 4.90. The van der Waals surface area contributed by atoms with Crippen molar-refractivity contribution in [2.24, 2.45) is 10.7 Å². The molecule has 148 valence electrons. The van der Waals surface area contributed by atoms with Crippen molar-refractivity contribution in [1.29, 1.82) is 0 Å². The first-order valence-electron chi connectivity index (χ1n) is 7.44. The van der Waals surface area contributed by atoms with E-state index in [0.717, 1.165) is 24.8 Å². The van der Waals surface area contributed by atoms with Crippen LogP contribution in [0.2, 0.25) is 0 Å². The molecule has 26 heavy (non-hydrogen) atoms. The summed E-state index contributed by atoms with van der Waals surface area (Å²) in [4.78, 5) is 4.08. The molecule has 3 N–H and O–H groups in total. The Morgan fingerprint density at radius 3 is 2.77 bits per heavy atom. The number of alkyl halides is 3. The normalized spacial score (nSPS) is 19.1. The summed E-state index contributed by atoms with van der Waals surface area (Å²) < 4.78 is 65.2. The van der Waals surface area contributed by atoms with Crippen molar-refractivity contribution in [1.82, 2.24) is 4.31 Å². The largest absolute Gasteiger partial charge is 0.573 e. The lowest BCUT2D eigenvalue weighted by molar-refractivity contribution is -0.274. The quantitative estimate of drug-likeness (QED) is 0.362. The zero-order valence-corrected chi connectivity index (χ0v) is 17.0. The molecule has 0 saturated carbocycles. The van der Waals surface area contributed by atoms with E-state index < -0.39 is 16.4 Å². The van der Waals surface area contributed by atoms with Gasteiger partial charge in [-0.25, -0.2) is 8.42 Å². The van der Waals surface area contributed by atoms with Crippen LogP contribution in [0.3, 0.4) is 0 Å². The number of rotatable bonds is 5. The van der Waals surface area contributed by atoms with Gasteiger partial charge in [0.1, 0.15) is 5.75 Å². The smallest absolute Gasteiger partial charge is 0.406 e. The van der Waals surface area contributed by atoms with E-state index in [4.69, 9.17) is 5.73 Å². The number of nitrogens with two attached hydrogens (primary N) is 1. The van der Waals surface area contributed by atoms with Crippen LogP contribution in [-0.2, 0) is 10.0 Å². The lowest BCUT2D eigenvalue weighted by Crippen LogP contribution is -2.37. The third-order valence-corrected chi connectivity index (χ3v) is 4.89. The fourth-order valence-corrected chi connectivity index (χ4v) is 3.76. The Labute approximate surface area is 166 Å². The number of sulfonamides is 1. The second-order valence-corrected chi connectivity index (χ2v) is 7.53. The zero-order valence-electron chi connectivity index (χ0n) is 13.9. The van der Waals surface area contributed by atoms with Gasteiger partial charge >= 0.3 is 6.36 Å². The molecule has 0 aromatic heterocycles. The zero-order chi connectivity index (χ0) is 18.7. The molecule has 1 saturated heterocycles. The van der Waals surface area contributed by atoms with E-state index in [0.29, 0.717) is 13.0 Å². The predicted octanol–water partition coefficient (Wildman–Crippen LogP) is 2.35. The molecule has 7 nitrogen and oxygen atoms in total. The third kappa shape index (κ3) is 7.15. The standard InChI is InChI=1S/C14H19F3N4O3S.HI/c1-25(22,23)21-7-3-5-11(21)9-19-13(18)20-10-4-2-6-12(8-10)24-14(15,16)17;/h2,4,6,8,11H,3,5,7,9H2,1H3,(H3,18,19,20);1H/t11-;/m1./s1. The fraction of sp³-hybridized carbons (Fsp3) is 0.500. The van der Waals surface area contributed by atoms with E-state index in [-0.39, 0.29) is 54.0 Å². The second-order valence-electron chi connectivity index (χ2n) is 5.60. The van der Waals surface area contributed by atoms with E-state index in [1.165, 1.54) is 16.4 Å². The van der Waals surface area contributed by atoms with Crippen molar-refractivity contribution in [3.63, 3.8) is 0 Å². The lowest BCUT2D eigenvalue weighted by atomic mass is 10.2. The van der Waals surface area contributed by atoms with Crippen LogP contribution in [0.5, 0.6) is 5.75 Å². The maximum Gasteiger partial charge on any atom is 0.573 e. The number of nitrogens with zero attached hydrogens (tertiary/aromatic N) is 2. The van der Waals surface area contributed by atoms with Crippen LogP contribution < -0.4 is 15.8 Å². The minimum Gasteiger partial charge on any atom is -0.406 e. The number of aliphatic imine (C=N–C) groups is 1. The number of benzene rings is 1. The molecule has 1 aliphatic heterocycles. The predicted molar refractivity (Wildman–Crippen MR) is 103 cm³/mol. The molecule has 0 radical (unpaired) electrons. The summed E-state index contributed by atoms with van der Waals surface area (Å²) in [6.07, 6.45) is -2.21. The first-order valence-corrected chi connectivity index (χ1v) is 9.29. The van der Waals surface area contributed by atoms with Gasteiger partial charge < -0.3 is 15.8 Å². The Balaban J connectivity index is 0.00000338. The maximum atomic E-state index is 12.2. The molecule has 0 bridgehead atoms. The molecular weight excluding hydrogens is 488 g/mol. The first kappa shape index (κ1) is 22.8. The van der Waals surface area contributed by atoms with Crippen LogP contribution in [0, 0.1) is 0 Å². The highest BCUT2D eigenvalue weighted by Crippen LogP contribution is 2.25. The Morgan fingerprint density at radius 1 is 1.46 bits per heavy atom. The summed E-state index contributed by atoms with van der Waals surface area (Å²) in [5.41, 5.74) is 6.00. The van der Waals surface area contributed by atoms with Gasteiger partial charge in [-0.2, -0.15) is 4.31 Å². The van der Waals surface area contributed by atoms with Crippen LogP contribution >= 0.6 is 24.0 Å². The van der Waals surface area contributed by atoms with Gasteiger partial charge in [-0.1, -0.05) is 6.07 Å². The van der Waals surface area contributed by atoms with E-state index >= 15 is 0 Å². The van der Waals surface area contributed by atoms with Crippen molar-refractivity contribution in [3.8, 4) is 5.75 Å². The number of halogens is 4. The van der Waals surface area contributed by atoms with Crippen molar-refractivity contribution in [2.75, 3.05) is 24.7 Å². The van der Waals surface area contributed by atoms with Gasteiger partial charge in [0.15, 0.2) is 5.96 Å². The average Bonchev–Trinajstić information content (AvgIpc) is 2.92. The minimum absolute atomic E-state index is 0. The van der Waals surface area contributed by atoms with Crippen molar-refractivity contribution >= 4 is 45.6 Å². The maximum absolute atomic E-state index is 12.2. The summed E-state index contributed by atoms with van der Waals surface area (Å²) in [6.45, 7) is 0.619. The Morgan fingerprint density at radius 2 is 2.15 bits per heavy atom. The van der Waals surface area contributed by atoms with Crippen molar-refractivity contribution in [2.45, 2.75) is 25.2 Å². The SMILES string of the molecule is CS(=O)(=O)N1CCC[C@@H]1CN=C(N)Nc1cccc(OC(F)(F)F)c1.I. The molecule has 0 spiro atoms. The molecule has 2 rings (SSSR count). The molecule has 0 unspecified atom stereocenters. The van der Waals surface area contributed by atoms with Crippen molar-refractivity contribution < 1.29 is 26.3 Å². The van der Waals surface area contributed by atoms with E-state index in [1.807, 2.05) is 0 Å². The van der Waals surface area contributed by atoms with Gasteiger partial charge in [0.05, 0.1) is 12.8 Å². The van der Waals surface area contributed by atoms with Crippen LogP contribution in [0.25, 0.3) is 0 Å². The number of ether oxygens (including phenoxy) is 1. The summed E-state index contributed by atoms with van der Waals surface area (Å²) in [5, 5.41) is 2.66. The second kappa shape index (κ2) is 9.08. The summed E-state index contributed by atoms with van der Waals surface area (Å²) in [5.74, 6) is -0.408. The minimum atomic E-state index is -4.78. The molecular formula is C14H20F3IN4O3S. The highest BCUT2D eigenvalue weighted by Gasteiger charge is 2.32. The van der Waals surface area contributed by atoms with E-state index in [9.17, 15) is 21.6 Å². The monoisotopic (exact) mass is 508 g/mol. The highest BCUT2D eigenvalue weighted by atomic mass is 127. The topological polar surface area (TPSA) is 97.0 Å². The average molecular weight is 508 g/mol. The van der Waals surface area contributed by atoms with E-state index in [1.54, 1.807) is 0 Å². The van der Waals surface area contributed by atoms with Crippen LogP contribution in [0.1, 0.15) is 12.8 Å². The van der Waals surface area contributed by atoms with Crippen LogP contribution in [0.4, 0.5) is 18.9 Å². The fourth-order valence-electron chi connectivity index (χ4n) is 2.59.